The number of fused-ring (bicyclic) bond motifs is 3. The molecule has 0 unspecified atom stereocenters. The van der Waals surface area contributed by atoms with Crippen molar-refractivity contribution in [1.82, 2.24) is 15.0 Å². The Morgan fingerprint density at radius 2 is 2.14 bits per heavy atom. The molecule has 68 valence electrons. The Balaban J connectivity index is 2.65. The van der Waals surface area contributed by atoms with Crippen LogP contribution in [0.3, 0.4) is 0 Å². The third-order valence-electron chi connectivity index (χ3n) is 2.24. The highest BCUT2D eigenvalue weighted by atomic mass is 79.9. The maximum atomic E-state index is 4.27. The molecule has 14 heavy (non-hydrogen) atoms. The van der Waals surface area contributed by atoms with Gasteiger partial charge in [0.25, 0.3) is 0 Å². The van der Waals surface area contributed by atoms with Crippen molar-refractivity contribution < 1.29 is 0 Å². The standard InChI is InChI=1S/C10H6BrN3/c11-7-2-4-13-10-9(7)6-1-3-12-5-8(6)14-10/h1-5H,(H,13,14). The van der Waals surface area contributed by atoms with Crippen molar-refractivity contribution in [3.05, 3.63) is 35.2 Å². The van der Waals surface area contributed by atoms with Gasteiger partial charge in [-0.2, -0.15) is 0 Å². The van der Waals surface area contributed by atoms with Crippen molar-refractivity contribution in [3.8, 4) is 0 Å². The second kappa shape index (κ2) is 2.78. The van der Waals surface area contributed by atoms with Crippen LogP contribution < -0.4 is 0 Å². The highest BCUT2D eigenvalue weighted by molar-refractivity contribution is 9.10. The van der Waals surface area contributed by atoms with Crippen LogP contribution >= 0.6 is 15.9 Å². The van der Waals surface area contributed by atoms with E-state index in [0.717, 1.165) is 26.4 Å². The second-order valence-corrected chi connectivity index (χ2v) is 3.92. The largest absolute Gasteiger partial charge is 0.338 e. The molecule has 0 fully saturated rings. The van der Waals surface area contributed by atoms with Crippen molar-refractivity contribution in [2.75, 3.05) is 0 Å². The summed E-state index contributed by atoms with van der Waals surface area (Å²) in [6.07, 6.45) is 5.37. The van der Waals surface area contributed by atoms with Gasteiger partial charge in [0, 0.05) is 27.6 Å². The molecule has 3 aromatic heterocycles. The van der Waals surface area contributed by atoms with Crippen molar-refractivity contribution >= 4 is 37.9 Å². The van der Waals surface area contributed by atoms with E-state index in [-0.39, 0.29) is 0 Å². The van der Waals surface area contributed by atoms with Crippen LogP contribution in [0.2, 0.25) is 0 Å². The number of nitrogens with zero attached hydrogens (tertiary/aromatic N) is 2. The summed E-state index contributed by atoms with van der Waals surface area (Å²) in [5.74, 6) is 0. The molecular formula is C10H6BrN3. The topological polar surface area (TPSA) is 41.6 Å². The van der Waals surface area contributed by atoms with Gasteiger partial charge in [-0.15, -0.1) is 0 Å². The first-order chi connectivity index (χ1) is 6.86. The van der Waals surface area contributed by atoms with Crippen LogP contribution in [0.15, 0.2) is 35.2 Å². The highest BCUT2D eigenvalue weighted by Crippen LogP contribution is 2.29. The molecule has 3 nitrogen and oxygen atoms in total. The Morgan fingerprint density at radius 1 is 1.21 bits per heavy atom. The SMILES string of the molecule is Brc1ccnc2[nH]c3cnccc3c12. The number of pyridine rings is 2. The van der Waals surface area contributed by atoms with Crippen LogP contribution in [0.25, 0.3) is 21.9 Å². The molecule has 3 rings (SSSR count). The zero-order chi connectivity index (χ0) is 9.54. The average molecular weight is 248 g/mol. The zero-order valence-electron chi connectivity index (χ0n) is 7.16. The Labute approximate surface area is 88.3 Å². The minimum absolute atomic E-state index is 0.891. The summed E-state index contributed by atoms with van der Waals surface area (Å²) in [5, 5.41) is 2.26. The van der Waals surface area contributed by atoms with Crippen LogP contribution in [0, 0.1) is 0 Å². The Hall–Kier alpha value is -1.42. The molecule has 0 atom stereocenters. The van der Waals surface area contributed by atoms with E-state index in [1.165, 1.54) is 0 Å². The summed E-state index contributed by atoms with van der Waals surface area (Å²) >= 11 is 3.52. The van der Waals surface area contributed by atoms with Gasteiger partial charge >= 0.3 is 0 Å². The summed E-state index contributed by atoms with van der Waals surface area (Å²) < 4.78 is 1.06. The normalized spacial score (nSPS) is 11.2. The lowest BCUT2D eigenvalue weighted by atomic mass is 10.2. The van der Waals surface area contributed by atoms with Gasteiger partial charge in [0.1, 0.15) is 5.65 Å². The summed E-state index contributed by atoms with van der Waals surface area (Å²) in [6, 6.07) is 3.93. The van der Waals surface area contributed by atoms with Gasteiger partial charge in [0.2, 0.25) is 0 Å². The van der Waals surface area contributed by atoms with E-state index in [1.807, 2.05) is 18.3 Å². The van der Waals surface area contributed by atoms with Crippen molar-refractivity contribution in [1.29, 1.82) is 0 Å². The van der Waals surface area contributed by atoms with Crippen molar-refractivity contribution in [3.63, 3.8) is 0 Å². The van der Waals surface area contributed by atoms with Gasteiger partial charge in [-0.1, -0.05) is 0 Å². The first kappa shape index (κ1) is 7.94. The van der Waals surface area contributed by atoms with E-state index in [1.54, 1.807) is 12.4 Å². The van der Waals surface area contributed by atoms with E-state index in [2.05, 4.69) is 30.9 Å². The summed E-state index contributed by atoms with van der Waals surface area (Å²) in [6.45, 7) is 0. The van der Waals surface area contributed by atoms with E-state index in [9.17, 15) is 0 Å². The number of aromatic amines is 1. The summed E-state index contributed by atoms with van der Waals surface area (Å²) in [5.41, 5.74) is 1.91. The quantitative estimate of drug-likeness (QED) is 0.664. The number of aromatic nitrogens is 3. The Morgan fingerprint density at radius 3 is 3.07 bits per heavy atom. The highest BCUT2D eigenvalue weighted by Gasteiger charge is 2.06. The molecule has 0 aliphatic rings. The number of hydrogen-bond acceptors (Lipinski definition) is 2. The fourth-order valence-electron chi connectivity index (χ4n) is 1.63. The minimum Gasteiger partial charge on any atom is -0.338 e. The Kier molecular flexibility index (Phi) is 1.58. The third-order valence-corrected chi connectivity index (χ3v) is 2.90. The average Bonchev–Trinajstić information content (AvgIpc) is 2.57. The van der Waals surface area contributed by atoms with Crippen LogP contribution in [0.1, 0.15) is 0 Å². The van der Waals surface area contributed by atoms with Crippen LogP contribution in [-0.2, 0) is 0 Å². The molecule has 0 aromatic carbocycles. The molecular weight excluding hydrogens is 242 g/mol. The van der Waals surface area contributed by atoms with Gasteiger partial charge in [-0.25, -0.2) is 4.98 Å². The molecule has 3 aromatic rings. The van der Waals surface area contributed by atoms with Crippen molar-refractivity contribution in [2.45, 2.75) is 0 Å². The predicted octanol–water partition coefficient (Wildman–Crippen LogP) is 2.87. The third kappa shape index (κ3) is 0.974. The minimum atomic E-state index is 0.891. The lowest BCUT2D eigenvalue weighted by Gasteiger charge is -1.92. The fourth-order valence-corrected chi connectivity index (χ4v) is 2.15. The zero-order valence-corrected chi connectivity index (χ0v) is 8.75. The summed E-state index contributed by atoms with van der Waals surface area (Å²) in [7, 11) is 0. The molecule has 0 spiro atoms. The predicted molar refractivity (Wildman–Crippen MR) is 59.1 cm³/mol. The molecule has 1 N–H and O–H groups in total. The second-order valence-electron chi connectivity index (χ2n) is 3.06. The number of hydrogen-bond donors (Lipinski definition) is 1. The fraction of sp³-hybridized carbons (Fsp3) is 0. The smallest absolute Gasteiger partial charge is 0.139 e. The molecule has 4 heteroatoms. The number of nitrogens with one attached hydrogen (secondary N) is 1. The Bertz CT molecular complexity index is 615. The lowest BCUT2D eigenvalue weighted by Crippen LogP contribution is -1.74. The van der Waals surface area contributed by atoms with Gasteiger partial charge in [0.15, 0.2) is 0 Å². The monoisotopic (exact) mass is 247 g/mol. The molecule has 0 bridgehead atoms. The van der Waals surface area contributed by atoms with E-state index < -0.39 is 0 Å². The molecule has 3 heterocycles. The van der Waals surface area contributed by atoms with Gasteiger partial charge in [0.05, 0.1) is 11.7 Å². The van der Waals surface area contributed by atoms with Crippen LogP contribution in [0.4, 0.5) is 0 Å². The van der Waals surface area contributed by atoms with E-state index >= 15 is 0 Å². The molecule has 0 saturated carbocycles. The van der Waals surface area contributed by atoms with E-state index in [4.69, 9.17) is 0 Å². The van der Waals surface area contributed by atoms with Crippen LogP contribution in [-0.4, -0.2) is 15.0 Å². The maximum Gasteiger partial charge on any atom is 0.139 e. The number of H-pyrrole nitrogens is 1. The van der Waals surface area contributed by atoms with E-state index in [0.29, 0.717) is 0 Å². The first-order valence-electron chi connectivity index (χ1n) is 4.22. The van der Waals surface area contributed by atoms with Gasteiger partial charge in [-0.3, -0.25) is 4.98 Å². The first-order valence-corrected chi connectivity index (χ1v) is 5.01. The van der Waals surface area contributed by atoms with Gasteiger partial charge < -0.3 is 4.98 Å². The molecule has 0 saturated heterocycles. The molecule has 0 aliphatic carbocycles. The van der Waals surface area contributed by atoms with Gasteiger partial charge in [-0.05, 0) is 28.1 Å². The maximum absolute atomic E-state index is 4.27. The molecule has 0 radical (unpaired) electrons. The molecule has 0 aliphatic heterocycles. The number of halogens is 1. The number of rotatable bonds is 0. The van der Waals surface area contributed by atoms with Crippen LogP contribution in [0.5, 0.6) is 0 Å². The van der Waals surface area contributed by atoms with Crippen molar-refractivity contribution in [2.24, 2.45) is 0 Å². The molecule has 0 amide bonds. The lowest BCUT2D eigenvalue weighted by molar-refractivity contribution is 1.32. The summed E-state index contributed by atoms with van der Waals surface area (Å²) in [4.78, 5) is 11.5.